The van der Waals surface area contributed by atoms with E-state index in [4.69, 9.17) is 9.47 Å². The molecule has 0 saturated heterocycles. The first-order chi connectivity index (χ1) is 10.7. The molecule has 0 spiro atoms. The van der Waals surface area contributed by atoms with Crippen LogP contribution in [0.15, 0.2) is 59.3 Å². The number of hydrogen-bond donors (Lipinski definition) is 0. The van der Waals surface area contributed by atoms with Crippen LogP contribution < -0.4 is 4.74 Å². The minimum absolute atomic E-state index is 0.0661. The molecule has 1 aliphatic rings. The van der Waals surface area contributed by atoms with E-state index in [1.807, 2.05) is 0 Å². The van der Waals surface area contributed by atoms with Gasteiger partial charge >= 0.3 is 5.91 Å². The summed E-state index contributed by atoms with van der Waals surface area (Å²) in [7, 11) is 1.57. The molecule has 2 aromatic rings. The molecule has 0 unspecified atom stereocenters. The Bertz CT molecular complexity index is 779. The Balaban J connectivity index is 1.83. The standard InChI is InChI=1S/C17H12FNO3/c1-21-14-7-5-12(6-8-14)17-19-16(20)15(22-17)10-11-3-2-4-13(18)9-11/h2-10H,1H3/b15-10+. The second-order valence-electron chi connectivity index (χ2n) is 4.62. The molecule has 3 rings (SSSR count). The monoisotopic (exact) mass is 297 g/mol. The molecule has 1 amide bonds. The molecule has 0 atom stereocenters. The van der Waals surface area contributed by atoms with Crippen LogP contribution in [0.3, 0.4) is 0 Å². The van der Waals surface area contributed by atoms with Gasteiger partial charge in [0.2, 0.25) is 5.90 Å². The van der Waals surface area contributed by atoms with Crippen LogP contribution in [-0.4, -0.2) is 18.9 Å². The van der Waals surface area contributed by atoms with E-state index in [0.29, 0.717) is 16.9 Å². The molecule has 22 heavy (non-hydrogen) atoms. The van der Waals surface area contributed by atoms with E-state index in [2.05, 4.69) is 4.99 Å². The van der Waals surface area contributed by atoms with Gasteiger partial charge in [-0.25, -0.2) is 4.39 Å². The van der Waals surface area contributed by atoms with E-state index in [9.17, 15) is 9.18 Å². The van der Waals surface area contributed by atoms with Gasteiger partial charge in [0.05, 0.1) is 7.11 Å². The molecule has 0 aliphatic carbocycles. The van der Waals surface area contributed by atoms with Crippen molar-refractivity contribution in [2.24, 2.45) is 4.99 Å². The Labute approximate surface area is 126 Å². The Hall–Kier alpha value is -2.95. The highest BCUT2D eigenvalue weighted by molar-refractivity contribution is 6.14. The summed E-state index contributed by atoms with van der Waals surface area (Å²) in [6.07, 6.45) is 1.46. The van der Waals surface area contributed by atoms with E-state index in [1.54, 1.807) is 43.5 Å². The van der Waals surface area contributed by atoms with Crippen molar-refractivity contribution in [2.45, 2.75) is 0 Å². The van der Waals surface area contributed by atoms with Gasteiger partial charge in [0, 0.05) is 5.56 Å². The van der Waals surface area contributed by atoms with Crippen LogP contribution >= 0.6 is 0 Å². The Morgan fingerprint density at radius 2 is 1.95 bits per heavy atom. The predicted octanol–water partition coefficient (Wildman–Crippen LogP) is 3.18. The fourth-order valence-electron chi connectivity index (χ4n) is 2.01. The van der Waals surface area contributed by atoms with Crippen molar-refractivity contribution in [3.63, 3.8) is 0 Å². The van der Waals surface area contributed by atoms with Gasteiger partial charge in [-0.2, -0.15) is 4.99 Å². The lowest BCUT2D eigenvalue weighted by Crippen LogP contribution is -2.00. The third-order valence-electron chi connectivity index (χ3n) is 3.10. The van der Waals surface area contributed by atoms with Crippen molar-refractivity contribution in [3.8, 4) is 5.75 Å². The van der Waals surface area contributed by atoms with E-state index < -0.39 is 5.91 Å². The molecule has 5 heteroatoms. The third kappa shape index (κ3) is 2.88. The van der Waals surface area contributed by atoms with Gasteiger partial charge in [-0.05, 0) is 48.0 Å². The number of carbonyl (C=O) groups excluding carboxylic acids is 1. The van der Waals surface area contributed by atoms with Crippen molar-refractivity contribution >= 4 is 17.9 Å². The molecule has 0 aromatic heterocycles. The van der Waals surface area contributed by atoms with Gasteiger partial charge in [-0.1, -0.05) is 12.1 Å². The van der Waals surface area contributed by atoms with Gasteiger partial charge in [0.15, 0.2) is 5.76 Å². The third-order valence-corrected chi connectivity index (χ3v) is 3.10. The van der Waals surface area contributed by atoms with Crippen molar-refractivity contribution < 1.29 is 18.7 Å². The van der Waals surface area contributed by atoms with Crippen LogP contribution in [-0.2, 0) is 9.53 Å². The number of hydrogen-bond acceptors (Lipinski definition) is 3. The van der Waals surface area contributed by atoms with Crippen molar-refractivity contribution in [2.75, 3.05) is 7.11 Å². The minimum atomic E-state index is -0.491. The van der Waals surface area contributed by atoms with Crippen LogP contribution in [0, 0.1) is 5.82 Å². The quantitative estimate of drug-likeness (QED) is 0.818. The first-order valence-corrected chi connectivity index (χ1v) is 6.58. The summed E-state index contributed by atoms with van der Waals surface area (Å²) in [5.41, 5.74) is 1.20. The summed E-state index contributed by atoms with van der Waals surface area (Å²) in [5.74, 6) is 0.113. The molecule has 0 N–H and O–H groups in total. The lowest BCUT2D eigenvalue weighted by molar-refractivity contribution is -0.115. The molecule has 1 heterocycles. The molecule has 1 aliphatic heterocycles. The summed E-state index contributed by atoms with van der Waals surface area (Å²) in [5, 5.41) is 0. The highest BCUT2D eigenvalue weighted by Crippen LogP contribution is 2.21. The number of amides is 1. The molecule has 2 aromatic carbocycles. The summed E-state index contributed by atoms with van der Waals surface area (Å²) in [6, 6.07) is 12.9. The fourth-order valence-corrected chi connectivity index (χ4v) is 2.01. The van der Waals surface area contributed by atoms with Crippen LogP contribution in [0.5, 0.6) is 5.75 Å². The summed E-state index contributed by atoms with van der Waals surface area (Å²) < 4.78 is 23.7. The first-order valence-electron chi connectivity index (χ1n) is 6.58. The second kappa shape index (κ2) is 5.81. The van der Waals surface area contributed by atoms with Crippen molar-refractivity contribution in [3.05, 3.63) is 71.2 Å². The zero-order valence-corrected chi connectivity index (χ0v) is 11.7. The molecule has 0 fully saturated rings. The number of methoxy groups -OCH3 is 1. The van der Waals surface area contributed by atoms with E-state index in [-0.39, 0.29) is 17.5 Å². The van der Waals surface area contributed by atoms with Crippen LogP contribution in [0.1, 0.15) is 11.1 Å². The number of benzene rings is 2. The van der Waals surface area contributed by atoms with Crippen molar-refractivity contribution in [1.82, 2.24) is 0 Å². The van der Waals surface area contributed by atoms with Gasteiger partial charge in [0.1, 0.15) is 11.6 Å². The minimum Gasteiger partial charge on any atom is -0.497 e. The number of carbonyl (C=O) groups is 1. The topological polar surface area (TPSA) is 47.9 Å². The average Bonchev–Trinajstić information content (AvgIpc) is 2.88. The summed E-state index contributed by atoms with van der Waals surface area (Å²) >= 11 is 0. The lowest BCUT2D eigenvalue weighted by Gasteiger charge is -2.03. The molecular formula is C17H12FNO3. The van der Waals surface area contributed by atoms with Crippen LogP contribution in [0.4, 0.5) is 4.39 Å². The van der Waals surface area contributed by atoms with Gasteiger partial charge in [0.25, 0.3) is 0 Å². The van der Waals surface area contributed by atoms with Gasteiger partial charge in [-0.3, -0.25) is 4.79 Å². The summed E-state index contributed by atoms with van der Waals surface area (Å²) in [6.45, 7) is 0. The smallest absolute Gasteiger partial charge is 0.316 e. The molecule has 110 valence electrons. The second-order valence-corrected chi connectivity index (χ2v) is 4.62. The zero-order valence-electron chi connectivity index (χ0n) is 11.7. The number of halogens is 1. The fraction of sp³-hybridized carbons (Fsp3) is 0.0588. The molecule has 0 bridgehead atoms. The maximum Gasteiger partial charge on any atom is 0.316 e. The highest BCUT2D eigenvalue weighted by Gasteiger charge is 2.23. The van der Waals surface area contributed by atoms with Gasteiger partial charge in [-0.15, -0.1) is 0 Å². The Kier molecular flexibility index (Phi) is 3.70. The number of nitrogens with zero attached hydrogens (tertiary/aromatic N) is 1. The van der Waals surface area contributed by atoms with Crippen molar-refractivity contribution in [1.29, 1.82) is 0 Å². The SMILES string of the molecule is COc1ccc(C2=NC(=O)/C(=C\c3cccc(F)c3)O2)cc1. The highest BCUT2D eigenvalue weighted by atomic mass is 19.1. The Morgan fingerprint density at radius 3 is 2.64 bits per heavy atom. The number of ether oxygens (including phenoxy) is 2. The maximum absolute atomic E-state index is 13.2. The lowest BCUT2D eigenvalue weighted by atomic mass is 10.2. The maximum atomic E-state index is 13.2. The predicted molar refractivity (Wildman–Crippen MR) is 80.0 cm³/mol. The molecule has 4 nitrogen and oxygen atoms in total. The molecular weight excluding hydrogens is 285 g/mol. The van der Waals surface area contributed by atoms with Gasteiger partial charge < -0.3 is 9.47 Å². The van der Waals surface area contributed by atoms with Crippen LogP contribution in [0.25, 0.3) is 6.08 Å². The van der Waals surface area contributed by atoms with Crippen LogP contribution in [0.2, 0.25) is 0 Å². The Morgan fingerprint density at radius 1 is 1.18 bits per heavy atom. The van der Waals surface area contributed by atoms with E-state index in [1.165, 1.54) is 18.2 Å². The summed E-state index contributed by atoms with van der Waals surface area (Å²) in [4.78, 5) is 15.7. The molecule has 0 radical (unpaired) electrons. The number of aliphatic imine (C=N–C) groups is 1. The average molecular weight is 297 g/mol. The van der Waals surface area contributed by atoms with E-state index >= 15 is 0 Å². The largest absolute Gasteiger partial charge is 0.497 e. The molecule has 0 saturated carbocycles. The van der Waals surface area contributed by atoms with E-state index in [0.717, 1.165) is 0 Å². The zero-order chi connectivity index (χ0) is 15.5. The normalized spacial score (nSPS) is 15.6. The number of rotatable bonds is 3. The first kappa shape index (κ1) is 14.0.